The minimum atomic E-state index is 1.10. The van der Waals surface area contributed by atoms with E-state index in [4.69, 9.17) is 0 Å². The number of pyridine rings is 1. The molecule has 1 heterocycles. The lowest BCUT2D eigenvalue weighted by Gasteiger charge is -2.06. The van der Waals surface area contributed by atoms with E-state index in [9.17, 15) is 0 Å². The molecule has 1 heteroatoms. The summed E-state index contributed by atoms with van der Waals surface area (Å²) in [6, 6.07) is 10.7. The molecule has 1 aromatic carbocycles. The average Bonchev–Trinajstić information content (AvgIpc) is 2.30. The lowest BCUT2D eigenvalue weighted by atomic mass is 9.99. The van der Waals surface area contributed by atoms with Gasteiger partial charge in [0.05, 0.1) is 0 Å². The predicted molar refractivity (Wildman–Crippen MR) is 63.8 cm³/mol. The van der Waals surface area contributed by atoms with Gasteiger partial charge in [-0.25, -0.2) is 0 Å². The maximum absolute atomic E-state index is 4.03. The highest BCUT2D eigenvalue weighted by Crippen LogP contribution is 2.21. The molecule has 0 N–H and O–H groups in total. The first kappa shape index (κ1) is 9.91. The standard InChI is InChI=1S/C14H15N/c1-3-12-4-5-14(10-11(12)2)13-6-8-15-9-7-13/h4-10H,3H2,1-2H3. The van der Waals surface area contributed by atoms with Crippen molar-refractivity contribution in [3.63, 3.8) is 0 Å². The fourth-order valence-electron chi connectivity index (χ4n) is 1.82. The van der Waals surface area contributed by atoms with E-state index in [1.807, 2.05) is 24.5 Å². The van der Waals surface area contributed by atoms with Gasteiger partial charge < -0.3 is 0 Å². The lowest BCUT2D eigenvalue weighted by Crippen LogP contribution is -1.87. The van der Waals surface area contributed by atoms with Crippen molar-refractivity contribution in [2.75, 3.05) is 0 Å². The Kier molecular flexibility index (Phi) is 2.82. The van der Waals surface area contributed by atoms with Crippen molar-refractivity contribution >= 4 is 0 Å². The molecule has 15 heavy (non-hydrogen) atoms. The van der Waals surface area contributed by atoms with Gasteiger partial charge in [-0.15, -0.1) is 0 Å². The summed E-state index contributed by atoms with van der Waals surface area (Å²) < 4.78 is 0. The van der Waals surface area contributed by atoms with Gasteiger partial charge in [-0.3, -0.25) is 4.98 Å². The zero-order chi connectivity index (χ0) is 10.7. The average molecular weight is 197 g/mol. The van der Waals surface area contributed by atoms with Crippen LogP contribution >= 0.6 is 0 Å². The van der Waals surface area contributed by atoms with Gasteiger partial charge in [0.2, 0.25) is 0 Å². The van der Waals surface area contributed by atoms with E-state index in [1.54, 1.807) is 0 Å². The van der Waals surface area contributed by atoms with Crippen LogP contribution in [-0.2, 0) is 6.42 Å². The summed E-state index contributed by atoms with van der Waals surface area (Å²) in [5, 5.41) is 0. The van der Waals surface area contributed by atoms with E-state index in [0.717, 1.165) is 6.42 Å². The lowest BCUT2D eigenvalue weighted by molar-refractivity contribution is 1.11. The molecule has 2 aromatic rings. The van der Waals surface area contributed by atoms with Crippen LogP contribution < -0.4 is 0 Å². The molecule has 0 aliphatic carbocycles. The van der Waals surface area contributed by atoms with Crippen LogP contribution in [0.15, 0.2) is 42.7 Å². The van der Waals surface area contributed by atoms with Crippen molar-refractivity contribution in [1.29, 1.82) is 0 Å². The second-order valence-electron chi connectivity index (χ2n) is 3.73. The smallest absolute Gasteiger partial charge is 0.0273 e. The molecule has 1 nitrogen and oxygen atoms in total. The minimum Gasteiger partial charge on any atom is -0.265 e. The Morgan fingerprint density at radius 2 is 1.73 bits per heavy atom. The topological polar surface area (TPSA) is 12.9 Å². The number of hydrogen-bond acceptors (Lipinski definition) is 1. The third kappa shape index (κ3) is 2.07. The van der Waals surface area contributed by atoms with Gasteiger partial charge in [0.15, 0.2) is 0 Å². The molecule has 0 radical (unpaired) electrons. The summed E-state index contributed by atoms with van der Waals surface area (Å²) in [6.45, 7) is 4.36. The first-order valence-corrected chi connectivity index (χ1v) is 5.31. The summed E-state index contributed by atoms with van der Waals surface area (Å²) in [5.41, 5.74) is 5.29. The van der Waals surface area contributed by atoms with Crippen LogP contribution in [0.5, 0.6) is 0 Å². The quantitative estimate of drug-likeness (QED) is 0.716. The van der Waals surface area contributed by atoms with Gasteiger partial charge >= 0.3 is 0 Å². The highest BCUT2D eigenvalue weighted by Gasteiger charge is 2.00. The Morgan fingerprint density at radius 1 is 1.00 bits per heavy atom. The summed E-state index contributed by atoms with van der Waals surface area (Å²) in [7, 11) is 0. The molecule has 0 saturated heterocycles. The van der Waals surface area contributed by atoms with Gasteiger partial charge in [0.25, 0.3) is 0 Å². The Hall–Kier alpha value is -1.63. The van der Waals surface area contributed by atoms with Crippen molar-refractivity contribution in [2.45, 2.75) is 20.3 Å². The highest BCUT2D eigenvalue weighted by atomic mass is 14.6. The molecule has 0 unspecified atom stereocenters. The number of hydrogen-bond donors (Lipinski definition) is 0. The summed E-state index contributed by atoms with van der Waals surface area (Å²) in [5.74, 6) is 0. The fourth-order valence-corrected chi connectivity index (χ4v) is 1.82. The van der Waals surface area contributed by atoms with Crippen molar-refractivity contribution < 1.29 is 0 Å². The fraction of sp³-hybridized carbons (Fsp3) is 0.214. The van der Waals surface area contributed by atoms with Crippen molar-refractivity contribution in [3.05, 3.63) is 53.9 Å². The number of aromatic nitrogens is 1. The largest absolute Gasteiger partial charge is 0.265 e. The van der Waals surface area contributed by atoms with Gasteiger partial charge in [-0.05, 0) is 47.7 Å². The van der Waals surface area contributed by atoms with E-state index in [0.29, 0.717) is 0 Å². The first-order valence-electron chi connectivity index (χ1n) is 5.31. The van der Waals surface area contributed by atoms with Gasteiger partial charge in [0.1, 0.15) is 0 Å². The molecule has 0 fully saturated rings. The molecule has 0 aliphatic rings. The monoisotopic (exact) mass is 197 g/mol. The van der Waals surface area contributed by atoms with E-state index in [-0.39, 0.29) is 0 Å². The van der Waals surface area contributed by atoms with Gasteiger partial charge in [-0.2, -0.15) is 0 Å². The Bertz CT molecular complexity index is 446. The van der Waals surface area contributed by atoms with Gasteiger partial charge in [0, 0.05) is 12.4 Å². The van der Waals surface area contributed by atoms with Crippen LogP contribution in [0.3, 0.4) is 0 Å². The molecule has 1 aromatic heterocycles. The summed E-state index contributed by atoms with van der Waals surface area (Å²) in [6.07, 6.45) is 4.76. The summed E-state index contributed by atoms with van der Waals surface area (Å²) >= 11 is 0. The zero-order valence-corrected chi connectivity index (χ0v) is 9.20. The molecule has 0 spiro atoms. The van der Waals surface area contributed by atoms with E-state index < -0.39 is 0 Å². The maximum atomic E-state index is 4.03. The van der Waals surface area contributed by atoms with E-state index >= 15 is 0 Å². The maximum Gasteiger partial charge on any atom is 0.0273 e. The predicted octanol–water partition coefficient (Wildman–Crippen LogP) is 3.62. The van der Waals surface area contributed by atoms with Crippen molar-refractivity contribution in [3.8, 4) is 11.1 Å². The normalized spacial score (nSPS) is 10.3. The van der Waals surface area contributed by atoms with Gasteiger partial charge in [-0.1, -0.05) is 25.1 Å². The number of nitrogens with zero attached hydrogens (tertiary/aromatic N) is 1. The molecule has 0 bridgehead atoms. The minimum absolute atomic E-state index is 1.10. The third-order valence-electron chi connectivity index (χ3n) is 2.74. The number of rotatable bonds is 2. The van der Waals surface area contributed by atoms with Crippen LogP contribution in [-0.4, -0.2) is 4.98 Å². The Morgan fingerprint density at radius 3 is 2.33 bits per heavy atom. The van der Waals surface area contributed by atoms with Crippen LogP contribution in [0.1, 0.15) is 18.1 Å². The molecule has 0 aliphatic heterocycles. The summed E-state index contributed by atoms with van der Waals surface area (Å²) in [4.78, 5) is 4.03. The number of aryl methyl sites for hydroxylation is 2. The van der Waals surface area contributed by atoms with Crippen molar-refractivity contribution in [2.24, 2.45) is 0 Å². The molecule has 0 atom stereocenters. The molecular weight excluding hydrogens is 182 g/mol. The Balaban J connectivity index is 2.43. The molecule has 0 amide bonds. The highest BCUT2D eigenvalue weighted by molar-refractivity contribution is 5.64. The molecular formula is C14H15N. The van der Waals surface area contributed by atoms with Crippen LogP contribution in [0.2, 0.25) is 0 Å². The second kappa shape index (κ2) is 4.26. The van der Waals surface area contributed by atoms with Crippen molar-refractivity contribution in [1.82, 2.24) is 4.98 Å². The second-order valence-corrected chi connectivity index (χ2v) is 3.73. The zero-order valence-electron chi connectivity index (χ0n) is 9.20. The first-order chi connectivity index (χ1) is 7.31. The van der Waals surface area contributed by atoms with E-state index in [1.165, 1.54) is 22.3 Å². The Labute approximate surface area is 90.8 Å². The third-order valence-corrected chi connectivity index (χ3v) is 2.74. The SMILES string of the molecule is CCc1ccc(-c2ccncc2)cc1C. The van der Waals surface area contributed by atoms with Crippen LogP contribution in [0.25, 0.3) is 11.1 Å². The van der Waals surface area contributed by atoms with E-state index in [2.05, 4.69) is 37.0 Å². The number of benzene rings is 1. The molecule has 0 saturated carbocycles. The van der Waals surface area contributed by atoms with Crippen LogP contribution in [0, 0.1) is 6.92 Å². The molecule has 76 valence electrons. The molecule has 2 rings (SSSR count). The van der Waals surface area contributed by atoms with Crippen LogP contribution in [0.4, 0.5) is 0 Å².